The van der Waals surface area contributed by atoms with E-state index in [1.807, 2.05) is 18.2 Å². The monoisotopic (exact) mass is 649 g/mol. The third-order valence-electron chi connectivity index (χ3n) is 9.46. The lowest BCUT2D eigenvalue weighted by atomic mass is 10.0. The number of benzene rings is 2. The van der Waals surface area contributed by atoms with E-state index in [0.717, 1.165) is 53.0 Å². The van der Waals surface area contributed by atoms with E-state index < -0.39 is 17.6 Å². The van der Waals surface area contributed by atoms with Crippen LogP contribution in [0.15, 0.2) is 36.4 Å². The number of alkyl halides is 1. The molecule has 1 aromatic heterocycles. The van der Waals surface area contributed by atoms with Gasteiger partial charge in [-0.25, -0.2) is 4.39 Å². The van der Waals surface area contributed by atoms with Crippen molar-refractivity contribution in [2.24, 2.45) is 0 Å². The van der Waals surface area contributed by atoms with Crippen LogP contribution in [0.25, 0.3) is 10.8 Å². The van der Waals surface area contributed by atoms with Gasteiger partial charge in [-0.05, 0) is 51.3 Å². The van der Waals surface area contributed by atoms with Crippen LogP contribution in [-0.2, 0) is 22.5 Å². The van der Waals surface area contributed by atoms with Gasteiger partial charge in [-0.3, -0.25) is 9.69 Å². The van der Waals surface area contributed by atoms with Gasteiger partial charge in [-0.2, -0.15) is 15.2 Å². The number of likely N-dealkylation sites (N-methyl/N-ethyl adjacent to an activating group) is 1. The first kappa shape index (κ1) is 32.2. The number of amides is 1. The summed E-state index contributed by atoms with van der Waals surface area (Å²) < 4.78 is 26.6. The van der Waals surface area contributed by atoms with Gasteiger partial charge in [0.15, 0.2) is 5.67 Å². The van der Waals surface area contributed by atoms with Crippen molar-refractivity contribution < 1.29 is 18.7 Å². The number of likely N-dealkylation sites (tertiary alicyclic amines) is 1. The summed E-state index contributed by atoms with van der Waals surface area (Å²) in [7, 11) is 3.80. The minimum atomic E-state index is -2.02. The molecule has 6 rings (SSSR count). The van der Waals surface area contributed by atoms with E-state index in [9.17, 15) is 14.4 Å². The average molecular weight is 650 g/mol. The van der Waals surface area contributed by atoms with Gasteiger partial charge in [-0.1, -0.05) is 35.9 Å². The van der Waals surface area contributed by atoms with Gasteiger partial charge in [0.2, 0.25) is 0 Å². The highest BCUT2D eigenvalue weighted by atomic mass is 35.5. The predicted octanol–water partition coefficient (Wildman–Crippen LogP) is 4.62. The van der Waals surface area contributed by atoms with Gasteiger partial charge in [0.05, 0.1) is 41.9 Å². The van der Waals surface area contributed by atoms with Crippen LogP contribution in [0.2, 0.25) is 5.02 Å². The zero-order valence-electron chi connectivity index (χ0n) is 26.9. The molecule has 0 bridgehead atoms. The van der Waals surface area contributed by atoms with E-state index >= 15 is 0 Å². The third kappa shape index (κ3) is 6.43. The van der Waals surface area contributed by atoms with Crippen molar-refractivity contribution in [3.63, 3.8) is 0 Å². The van der Waals surface area contributed by atoms with Crippen LogP contribution in [0, 0.1) is 11.3 Å². The summed E-state index contributed by atoms with van der Waals surface area (Å²) >= 11 is 6.70. The minimum absolute atomic E-state index is 0.0965. The molecule has 3 aliphatic heterocycles. The number of nitrogens with zero attached hydrogens (tertiary/aromatic N) is 7. The molecule has 3 aromatic rings. The highest BCUT2D eigenvalue weighted by Gasteiger charge is 2.40. The Hall–Kier alpha value is -3.72. The minimum Gasteiger partial charge on any atom is -0.462 e. The Labute approximate surface area is 274 Å². The van der Waals surface area contributed by atoms with Crippen molar-refractivity contribution in [1.29, 1.82) is 5.26 Å². The Kier molecular flexibility index (Phi) is 9.24. The van der Waals surface area contributed by atoms with Crippen LogP contribution in [0.5, 0.6) is 6.01 Å². The second-order valence-corrected chi connectivity index (χ2v) is 13.4. The molecular weight excluding hydrogens is 609 g/mol. The summed E-state index contributed by atoms with van der Waals surface area (Å²) in [5.74, 6) is 0.153. The Morgan fingerprint density at radius 1 is 1.11 bits per heavy atom. The molecule has 12 heteroatoms. The number of carbonyl (C=O) groups excluding carboxylic acids is 1. The van der Waals surface area contributed by atoms with E-state index in [2.05, 4.69) is 46.0 Å². The van der Waals surface area contributed by atoms with Gasteiger partial charge in [0, 0.05) is 62.5 Å². The van der Waals surface area contributed by atoms with Crippen LogP contribution in [0.3, 0.4) is 0 Å². The number of hydrogen-bond donors (Lipinski definition) is 0. The van der Waals surface area contributed by atoms with E-state index in [1.54, 1.807) is 7.11 Å². The summed E-state index contributed by atoms with van der Waals surface area (Å²) in [6.45, 7) is 6.16. The van der Waals surface area contributed by atoms with Crippen molar-refractivity contribution in [1.82, 2.24) is 19.8 Å². The van der Waals surface area contributed by atoms with Crippen molar-refractivity contribution >= 4 is 39.8 Å². The van der Waals surface area contributed by atoms with Gasteiger partial charge in [0.25, 0.3) is 5.91 Å². The van der Waals surface area contributed by atoms with Gasteiger partial charge in [0.1, 0.15) is 12.4 Å². The van der Waals surface area contributed by atoms with Crippen LogP contribution in [0.1, 0.15) is 37.9 Å². The zero-order valence-corrected chi connectivity index (χ0v) is 27.6. The molecule has 3 atom stereocenters. The first-order valence-electron chi connectivity index (χ1n) is 15.9. The van der Waals surface area contributed by atoms with E-state index in [1.165, 1.54) is 18.7 Å². The summed E-state index contributed by atoms with van der Waals surface area (Å²) in [5, 5.41) is 12.4. The summed E-state index contributed by atoms with van der Waals surface area (Å²) in [5.41, 5.74) is 0.914. The molecule has 0 spiro atoms. The molecule has 0 unspecified atom stereocenters. The van der Waals surface area contributed by atoms with Crippen molar-refractivity contribution in [3.05, 3.63) is 52.7 Å². The molecule has 244 valence electrons. The SMILES string of the molecule is CO[C@@H]1C[C@@H](COc2nc3c(c(N4CCN(C(=O)C(C)(C)F)[C@@H](CC#N)C4)n2)CCN(c2cccc4cccc(Cl)c24)C3)N(C)C1. The molecular formula is C34H41ClFN7O3. The van der Waals surface area contributed by atoms with Gasteiger partial charge < -0.3 is 24.2 Å². The normalized spacial score (nSPS) is 22.2. The molecule has 0 aliphatic carbocycles. The van der Waals surface area contributed by atoms with E-state index in [4.69, 9.17) is 31.0 Å². The maximum Gasteiger partial charge on any atom is 0.318 e. The number of aromatic nitrogens is 2. The Balaban J connectivity index is 1.33. The summed E-state index contributed by atoms with van der Waals surface area (Å²) in [4.78, 5) is 31.0. The Morgan fingerprint density at radius 3 is 2.61 bits per heavy atom. The highest BCUT2D eigenvalue weighted by Crippen LogP contribution is 2.37. The standard InChI is InChI=1S/C34H41ClFN7O3/c1-34(2,36)32(44)43-16-15-42(18-23(43)11-13-37)31-26-12-14-41(29-10-6-8-22-7-5-9-27(35)30(22)29)20-28(26)38-33(39-31)46-21-24-17-25(45-4)19-40(24)3/h5-10,23-25H,11-12,14-21H2,1-4H3/t23-,24-,25+/m0/s1. The molecule has 0 N–H and O–H groups in total. The summed E-state index contributed by atoms with van der Waals surface area (Å²) in [6.07, 6.45) is 1.80. The molecule has 4 heterocycles. The lowest BCUT2D eigenvalue weighted by Gasteiger charge is -2.43. The number of methoxy groups -OCH3 is 1. The second kappa shape index (κ2) is 13.2. The number of fused-ring (bicyclic) bond motifs is 2. The number of halogens is 2. The number of anilines is 2. The number of hydrogen-bond acceptors (Lipinski definition) is 9. The number of nitriles is 1. The predicted molar refractivity (Wildman–Crippen MR) is 176 cm³/mol. The largest absolute Gasteiger partial charge is 0.462 e. The molecule has 1 amide bonds. The first-order chi connectivity index (χ1) is 22.1. The molecule has 0 radical (unpaired) electrons. The molecule has 0 saturated carbocycles. The molecule has 46 heavy (non-hydrogen) atoms. The first-order valence-corrected chi connectivity index (χ1v) is 16.2. The quantitative estimate of drug-likeness (QED) is 0.346. The number of piperazine rings is 1. The fraction of sp³-hybridized carbons (Fsp3) is 0.529. The molecule has 2 aromatic carbocycles. The van der Waals surface area contributed by atoms with Crippen LogP contribution < -0.4 is 14.5 Å². The maximum absolute atomic E-state index is 14.7. The van der Waals surface area contributed by atoms with E-state index in [0.29, 0.717) is 50.2 Å². The fourth-order valence-electron chi connectivity index (χ4n) is 6.96. The Morgan fingerprint density at radius 2 is 1.89 bits per heavy atom. The van der Waals surface area contributed by atoms with Crippen LogP contribution in [0.4, 0.5) is 15.9 Å². The maximum atomic E-state index is 14.7. The zero-order chi connectivity index (χ0) is 32.6. The van der Waals surface area contributed by atoms with Crippen molar-refractivity contribution in [2.45, 2.75) is 63.5 Å². The fourth-order valence-corrected chi connectivity index (χ4v) is 7.24. The summed E-state index contributed by atoms with van der Waals surface area (Å²) in [6, 6.07) is 14.3. The third-order valence-corrected chi connectivity index (χ3v) is 9.78. The lowest BCUT2D eigenvalue weighted by Crippen LogP contribution is -2.58. The lowest BCUT2D eigenvalue weighted by molar-refractivity contribution is -0.144. The van der Waals surface area contributed by atoms with Crippen LogP contribution in [-0.4, -0.2) is 103 Å². The molecule has 2 fully saturated rings. The molecule has 3 aliphatic rings. The number of ether oxygens (including phenoxy) is 2. The average Bonchev–Trinajstić information content (AvgIpc) is 3.41. The second-order valence-electron chi connectivity index (χ2n) is 13.0. The highest BCUT2D eigenvalue weighted by molar-refractivity contribution is 6.36. The number of carbonyl (C=O) groups is 1. The topological polar surface area (TPSA) is 98.1 Å². The van der Waals surface area contributed by atoms with Gasteiger partial charge >= 0.3 is 6.01 Å². The molecule has 10 nitrogen and oxygen atoms in total. The van der Waals surface area contributed by atoms with Gasteiger partial charge in [-0.15, -0.1) is 0 Å². The van der Waals surface area contributed by atoms with Crippen LogP contribution >= 0.6 is 11.6 Å². The smallest absolute Gasteiger partial charge is 0.318 e. The Bertz CT molecular complexity index is 1640. The van der Waals surface area contributed by atoms with Crippen molar-refractivity contribution in [3.8, 4) is 12.1 Å². The van der Waals surface area contributed by atoms with Crippen molar-refractivity contribution in [2.75, 3.05) is 63.3 Å². The molecule has 2 saturated heterocycles. The van der Waals surface area contributed by atoms with E-state index in [-0.39, 0.29) is 18.6 Å². The number of rotatable bonds is 8.